The number of nitrogens with two attached hydrogens (primary N) is 3. The van der Waals surface area contributed by atoms with Crippen molar-refractivity contribution < 1.29 is 19.8 Å². The Morgan fingerprint density at radius 3 is 1.50 bits per heavy atom. The smallest absolute Gasteiger partial charge is 0.320 e. The number of carboxylic acid groups (broad SMARTS) is 2. The molecule has 0 aliphatic rings. The normalized spacial score (nSPS) is 10.7. The number of hydrogen-bond acceptors (Lipinski definition) is 7. The largest absolute Gasteiger partial charge is 0.481 e. The molecule has 0 aliphatic carbocycles. The summed E-state index contributed by atoms with van der Waals surface area (Å²) in [7, 11) is 0. The molecule has 1 atom stereocenters. The zero-order valence-corrected chi connectivity index (χ0v) is 19.9. The first-order valence-corrected chi connectivity index (χ1v) is 12.5. The number of thioether (sulfide) groups is 2. The molecule has 2 aromatic rings. The van der Waals surface area contributed by atoms with Gasteiger partial charge in [0.1, 0.15) is 6.04 Å². The summed E-state index contributed by atoms with van der Waals surface area (Å²) in [6.45, 7) is 1.55. The highest BCUT2D eigenvalue weighted by Crippen LogP contribution is 2.10. The molecule has 32 heavy (non-hydrogen) atoms. The summed E-state index contributed by atoms with van der Waals surface area (Å²) < 4.78 is 0. The Balaban J connectivity index is 0.000000452. The molecule has 0 bridgehead atoms. The summed E-state index contributed by atoms with van der Waals surface area (Å²) in [6, 6.07) is 19.9. The molecule has 2 rings (SSSR count). The van der Waals surface area contributed by atoms with Crippen LogP contribution in [0.3, 0.4) is 0 Å². The summed E-state index contributed by atoms with van der Waals surface area (Å²) in [5.74, 6) is 2.07. The van der Waals surface area contributed by atoms with Crippen LogP contribution in [0.1, 0.15) is 24.0 Å². The van der Waals surface area contributed by atoms with Crippen molar-refractivity contribution in [1.82, 2.24) is 0 Å². The number of carbonyl (C=O) groups is 2. The fourth-order valence-corrected chi connectivity index (χ4v) is 3.58. The zero-order valence-electron chi connectivity index (χ0n) is 18.3. The van der Waals surface area contributed by atoms with E-state index in [1.165, 1.54) is 11.1 Å². The van der Waals surface area contributed by atoms with Crippen molar-refractivity contribution in [3.8, 4) is 0 Å². The molecule has 9 heteroatoms. The maximum absolute atomic E-state index is 9.99. The molecule has 2 aromatic carbocycles. The molecular formula is C23H35N3O4S2. The Morgan fingerprint density at radius 1 is 0.781 bits per heavy atom. The molecule has 0 saturated carbocycles. The van der Waals surface area contributed by atoms with Gasteiger partial charge < -0.3 is 27.4 Å². The SMILES string of the molecule is NCCSCc1ccccc1.NCCSCc1ccccc1.N[C@@H](CCC(=O)O)C(=O)O. The Hall–Kier alpha value is -2.04. The Bertz CT molecular complexity index is 676. The number of benzene rings is 2. The van der Waals surface area contributed by atoms with Crippen molar-refractivity contribution in [3.63, 3.8) is 0 Å². The molecule has 0 aliphatic heterocycles. The predicted molar refractivity (Wildman–Crippen MR) is 136 cm³/mol. The molecule has 0 unspecified atom stereocenters. The van der Waals surface area contributed by atoms with Crippen molar-refractivity contribution in [2.24, 2.45) is 17.2 Å². The van der Waals surface area contributed by atoms with Crippen LogP contribution >= 0.6 is 23.5 Å². The Morgan fingerprint density at radius 2 is 1.19 bits per heavy atom. The topological polar surface area (TPSA) is 153 Å². The van der Waals surface area contributed by atoms with E-state index in [1.54, 1.807) is 0 Å². The van der Waals surface area contributed by atoms with Crippen molar-refractivity contribution in [3.05, 3.63) is 71.8 Å². The van der Waals surface area contributed by atoms with Gasteiger partial charge in [-0.1, -0.05) is 60.7 Å². The second-order valence-electron chi connectivity index (χ2n) is 6.53. The molecule has 0 saturated heterocycles. The second kappa shape index (κ2) is 20.8. The van der Waals surface area contributed by atoms with Crippen LogP contribution in [-0.4, -0.2) is 52.8 Å². The average Bonchev–Trinajstić information content (AvgIpc) is 2.80. The van der Waals surface area contributed by atoms with Crippen LogP contribution in [0.4, 0.5) is 0 Å². The van der Waals surface area contributed by atoms with Crippen molar-refractivity contribution in [2.75, 3.05) is 24.6 Å². The van der Waals surface area contributed by atoms with E-state index in [2.05, 4.69) is 48.5 Å². The highest BCUT2D eigenvalue weighted by molar-refractivity contribution is 7.98. The van der Waals surface area contributed by atoms with E-state index in [-0.39, 0.29) is 12.8 Å². The van der Waals surface area contributed by atoms with Gasteiger partial charge in [-0.15, -0.1) is 0 Å². The molecule has 0 heterocycles. The molecule has 0 aromatic heterocycles. The van der Waals surface area contributed by atoms with E-state index in [1.807, 2.05) is 35.7 Å². The van der Waals surface area contributed by atoms with E-state index >= 15 is 0 Å². The Labute approximate surface area is 199 Å². The lowest BCUT2D eigenvalue weighted by atomic mass is 10.2. The highest BCUT2D eigenvalue weighted by Gasteiger charge is 2.12. The number of aliphatic carboxylic acids is 2. The van der Waals surface area contributed by atoms with Gasteiger partial charge in [0, 0.05) is 42.5 Å². The fraction of sp³-hybridized carbons (Fsp3) is 0.391. The summed E-state index contributed by atoms with van der Waals surface area (Å²) in [5, 5.41) is 16.3. The Kier molecular flexibility index (Phi) is 19.5. The molecule has 0 fully saturated rings. The molecule has 7 nitrogen and oxygen atoms in total. The van der Waals surface area contributed by atoms with E-state index < -0.39 is 18.0 Å². The van der Waals surface area contributed by atoms with Crippen LogP contribution in [0.15, 0.2) is 60.7 Å². The van der Waals surface area contributed by atoms with Crippen LogP contribution in [-0.2, 0) is 21.1 Å². The first-order valence-electron chi connectivity index (χ1n) is 10.2. The lowest BCUT2D eigenvalue weighted by molar-refractivity contribution is -0.139. The number of rotatable bonds is 12. The van der Waals surface area contributed by atoms with Crippen LogP contribution in [0, 0.1) is 0 Å². The van der Waals surface area contributed by atoms with E-state index in [0.29, 0.717) is 0 Å². The van der Waals surface area contributed by atoms with Crippen LogP contribution in [0.5, 0.6) is 0 Å². The van der Waals surface area contributed by atoms with Crippen LogP contribution < -0.4 is 17.2 Å². The maximum atomic E-state index is 9.99. The third-order valence-electron chi connectivity index (χ3n) is 3.73. The second-order valence-corrected chi connectivity index (χ2v) is 8.74. The van der Waals surface area contributed by atoms with E-state index in [0.717, 1.165) is 36.1 Å². The van der Waals surface area contributed by atoms with Crippen LogP contribution in [0.2, 0.25) is 0 Å². The van der Waals surface area contributed by atoms with Gasteiger partial charge >= 0.3 is 11.9 Å². The van der Waals surface area contributed by atoms with E-state index in [4.69, 9.17) is 27.4 Å². The quantitative estimate of drug-likeness (QED) is 0.288. The average molecular weight is 482 g/mol. The lowest BCUT2D eigenvalue weighted by Crippen LogP contribution is -2.30. The number of hydrogen-bond donors (Lipinski definition) is 5. The van der Waals surface area contributed by atoms with Crippen LogP contribution in [0.25, 0.3) is 0 Å². The standard InChI is InChI=1S/2C9H13NS.C5H9NO4/c2*10-6-7-11-8-9-4-2-1-3-5-9;6-3(5(9)10)1-2-4(7)8/h2*1-5H,6-8,10H2;3H,1-2,6H2,(H,7,8)(H,9,10)/t;;3-/m..0/s1. The van der Waals surface area contributed by atoms with Crippen molar-refractivity contribution >= 4 is 35.5 Å². The minimum atomic E-state index is -1.17. The highest BCUT2D eigenvalue weighted by atomic mass is 32.2. The molecule has 0 spiro atoms. The maximum Gasteiger partial charge on any atom is 0.320 e. The van der Waals surface area contributed by atoms with Crippen molar-refractivity contribution in [2.45, 2.75) is 30.4 Å². The zero-order chi connectivity index (χ0) is 24.0. The van der Waals surface area contributed by atoms with Gasteiger partial charge in [-0.25, -0.2) is 0 Å². The molecule has 178 valence electrons. The molecular weight excluding hydrogens is 446 g/mol. The minimum Gasteiger partial charge on any atom is -0.481 e. The monoisotopic (exact) mass is 481 g/mol. The van der Waals surface area contributed by atoms with Crippen molar-refractivity contribution in [1.29, 1.82) is 0 Å². The van der Waals surface area contributed by atoms with E-state index in [9.17, 15) is 9.59 Å². The fourth-order valence-electron chi connectivity index (χ4n) is 2.10. The summed E-state index contributed by atoms with van der Waals surface area (Å²) >= 11 is 3.76. The predicted octanol–water partition coefficient (Wildman–Crippen LogP) is 3.02. The number of carboxylic acids is 2. The molecule has 0 amide bonds. The first-order chi connectivity index (χ1) is 15.4. The van der Waals surface area contributed by atoms with Gasteiger partial charge in [-0.2, -0.15) is 23.5 Å². The van der Waals surface area contributed by atoms with Gasteiger partial charge in [0.05, 0.1) is 0 Å². The lowest BCUT2D eigenvalue weighted by Gasteiger charge is -2.01. The van der Waals surface area contributed by atoms with Gasteiger partial charge in [-0.05, 0) is 17.5 Å². The third kappa shape index (κ3) is 18.7. The van der Waals surface area contributed by atoms with Gasteiger partial charge in [0.25, 0.3) is 0 Å². The summed E-state index contributed by atoms with van der Waals surface area (Å²) in [6.07, 6.45) is -0.224. The minimum absolute atomic E-state index is 0.0231. The summed E-state index contributed by atoms with van der Waals surface area (Å²) in [4.78, 5) is 19.9. The first kappa shape index (κ1) is 30.0. The van der Waals surface area contributed by atoms with Gasteiger partial charge in [0.2, 0.25) is 0 Å². The molecule has 8 N–H and O–H groups in total. The third-order valence-corrected chi connectivity index (χ3v) is 5.86. The van der Waals surface area contributed by atoms with Gasteiger partial charge in [-0.3, -0.25) is 9.59 Å². The van der Waals surface area contributed by atoms with Gasteiger partial charge in [0.15, 0.2) is 0 Å². The molecule has 0 radical (unpaired) electrons. The summed E-state index contributed by atoms with van der Waals surface area (Å²) in [5.41, 5.74) is 18.5.